The summed E-state index contributed by atoms with van der Waals surface area (Å²) < 4.78 is 27.1. The van der Waals surface area contributed by atoms with Crippen molar-refractivity contribution in [2.24, 2.45) is 0 Å². The fourth-order valence-electron chi connectivity index (χ4n) is 4.89. The minimum absolute atomic E-state index is 0.0260. The lowest BCUT2D eigenvalue weighted by Crippen LogP contribution is -2.53. The molecular weight excluding hydrogens is 535 g/mol. The Balaban J connectivity index is 1.11. The number of benzene rings is 1. The van der Waals surface area contributed by atoms with Crippen molar-refractivity contribution < 1.29 is 28.2 Å². The molecule has 0 spiro atoms. The van der Waals surface area contributed by atoms with E-state index in [-0.39, 0.29) is 25.6 Å². The van der Waals surface area contributed by atoms with Gasteiger partial charge in [-0.05, 0) is 38.1 Å². The van der Waals surface area contributed by atoms with Crippen LogP contribution in [0.4, 0.5) is 25.4 Å². The number of aromatic nitrogens is 3. The lowest BCUT2D eigenvalue weighted by atomic mass is 10.2. The largest absolute Gasteiger partial charge is 0.450 e. The van der Waals surface area contributed by atoms with Crippen molar-refractivity contribution in [3.63, 3.8) is 0 Å². The number of rotatable bonds is 9. The Hall–Kier alpha value is -4.46. The maximum absolute atomic E-state index is 15.2. The van der Waals surface area contributed by atoms with Crippen LogP contribution in [-0.2, 0) is 20.8 Å². The summed E-state index contributed by atoms with van der Waals surface area (Å²) in [4.78, 5) is 50.5. The maximum Gasteiger partial charge on any atom is 0.414 e. The van der Waals surface area contributed by atoms with Gasteiger partial charge in [0.2, 0.25) is 11.7 Å². The smallest absolute Gasteiger partial charge is 0.414 e. The lowest BCUT2D eigenvalue weighted by molar-refractivity contribution is -0.133. The van der Waals surface area contributed by atoms with Crippen molar-refractivity contribution >= 4 is 35.2 Å². The second-order valence-electron chi connectivity index (χ2n) is 9.83. The molecule has 2 saturated heterocycles. The van der Waals surface area contributed by atoms with Crippen LogP contribution >= 0.6 is 0 Å². The molecule has 218 valence electrons. The number of hydrogen-bond acceptors (Lipinski definition) is 9. The molecule has 2 aromatic heterocycles. The Morgan fingerprint density at radius 2 is 2.05 bits per heavy atom. The second-order valence-corrected chi connectivity index (χ2v) is 9.83. The minimum Gasteiger partial charge on any atom is -0.450 e. The predicted molar refractivity (Wildman–Crippen MR) is 147 cm³/mol. The monoisotopic (exact) mass is 568 g/mol. The van der Waals surface area contributed by atoms with E-state index in [0.717, 1.165) is 5.69 Å². The van der Waals surface area contributed by atoms with Gasteiger partial charge in [-0.15, -0.1) is 0 Å². The number of ether oxygens (including phenoxy) is 2. The highest BCUT2D eigenvalue weighted by molar-refractivity contribution is 5.90. The standard InChI is InChI=1S/C27H33FN8O5/c1-3-40-26(38)31-15-21-17-36(27(39)41-21)20-5-6-23(22(28)13-20)33-9-11-34(12-10-33)24(37)18(2)30-14-19-16-35-8-4-7-29-25(35)32-19/h4-8,13,16,18,21,30H,3,9-12,14-15,17H2,1-2H3,(H,31,38). The Kier molecular flexibility index (Phi) is 8.47. The zero-order chi connectivity index (χ0) is 28.9. The van der Waals surface area contributed by atoms with Crippen LogP contribution in [0.5, 0.6) is 0 Å². The summed E-state index contributed by atoms with van der Waals surface area (Å²) in [7, 11) is 0. The highest BCUT2D eigenvalue weighted by Crippen LogP contribution is 2.28. The van der Waals surface area contributed by atoms with E-state index in [4.69, 9.17) is 9.47 Å². The van der Waals surface area contributed by atoms with Gasteiger partial charge < -0.3 is 29.9 Å². The normalized spacial score (nSPS) is 18.0. The SMILES string of the molecule is CCOC(=O)NCC1CN(c2ccc(N3CCN(C(=O)C(C)NCc4cn5cccnc5n4)CC3)c(F)c2)C(=O)O1. The number of carbonyl (C=O) groups excluding carboxylic acids is 3. The van der Waals surface area contributed by atoms with Gasteiger partial charge in [-0.3, -0.25) is 14.1 Å². The van der Waals surface area contributed by atoms with Crippen molar-refractivity contribution in [1.29, 1.82) is 0 Å². The Bertz CT molecular complexity index is 1380. The van der Waals surface area contributed by atoms with Crippen molar-refractivity contribution in [3.8, 4) is 0 Å². The van der Waals surface area contributed by atoms with Crippen LogP contribution in [0.3, 0.4) is 0 Å². The minimum atomic E-state index is -0.611. The molecule has 3 amide bonds. The number of hydrogen-bond donors (Lipinski definition) is 2. The molecule has 2 aliphatic rings. The number of imidazole rings is 1. The first-order valence-corrected chi connectivity index (χ1v) is 13.6. The first kappa shape index (κ1) is 28.1. The average Bonchev–Trinajstić information content (AvgIpc) is 3.57. The van der Waals surface area contributed by atoms with Gasteiger partial charge in [0.05, 0.1) is 42.8 Å². The first-order chi connectivity index (χ1) is 19.8. The fraction of sp³-hybridized carbons (Fsp3) is 0.444. The van der Waals surface area contributed by atoms with Crippen LogP contribution in [-0.4, -0.2) is 95.4 Å². The summed E-state index contributed by atoms with van der Waals surface area (Å²) >= 11 is 0. The first-order valence-electron chi connectivity index (χ1n) is 13.6. The Morgan fingerprint density at radius 1 is 1.24 bits per heavy atom. The number of carbonyl (C=O) groups is 3. The van der Waals surface area contributed by atoms with Crippen molar-refractivity contribution in [2.75, 3.05) is 55.7 Å². The Morgan fingerprint density at radius 3 is 2.78 bits per heavy atom. The zero-order valence-corrected chi connectivity index (χ0v) is 23.0. The van der Waals surface area contributed by atoms with Crippen LogP contribution in [0.1, 0.15) is 19.5 Å². The third-order valence-corrected chi connectivity index (χ3v) is 7.04. The summed E-state index contributed by atoms with van der Waals surface area (Å²) in [5.41, 5.74) is 1.56. The maximum atomic E-state index is 15.2. The van der Waals surface area contributed by atoms with E-state index in [2.05, 4.69) is 20.6 Å². The molecule has 2 aliphatic heterocycles. The predicted octanol–water partition coefficient (Wildman–Crippen LogP) is 1.77. The van der Waals surface area contributed by atoms with Crippen LogP contribution < -0.4 is 20.4 Å². The molecule has 3 aromatic rings. The summed E-state index contributed by atoms with van der Waals surface area (Å²) in [6, 6.07) is 6.02. The van der Waals surface area contributed by atoms with Gasteiger partial charge in [-0.2, -0.15) is 0 Å². The third-order valence-electron chi connectivity index (χ3n) is 7.04. The van der Waals surface area contributed by atoms with E-state index >= 15 is 4.39 Å². The third kappa shape index (κ3) is 6.48. The van der Waals surface area contributed by atoms with Crippen LogP contribution in [0, 0.1) is 5.82 Å². The number of anilines is 2. The summed E-state index contributed by atoms with van der Waals surface area (Å²) in [6.07, 6.45) is 3.65. The van der Waals surface area contributed by atoms with E-state index in [1.807, 2.05) is 34.7 Å². The van der Waals surface area contributed by atoms with Crippen LogP contribution in [0.15, 0.2) is 42.9 Å². The van der Waals surface area contributed by atoms with E-state index in [9.17, 15) is 14.4 Å². The van der Waals surface area contributed by atoms with Crippen LogP contribution in [0.2, 0.25) is 0 Å². The molecular formula is C27H33FN8O5. The van der Waals surface area contributed by atoms with Gasteiger partial charge in [0.15, 0.2) is 0 Å². The van der Waals surface area contributed by atoms with E-state index in [1.165, 1.54) is 11.0 Å². The fourth-order valence-corrected chi connectivity index (χ4v) is 4.89. The average molecular weight is 569 g/mol. The summed E-state index contributed by atoms with van der Waals surface area (Å²) in [5, 5.41) is 5.77. The second kappa shape index (κ2) is 12.4. The van der Waals surface area contributed by atoms with Crippen LogP contribution in [0.25, 0.3) is 5.78 Å². The van der Waals surface area contributed by atoms with Gasteiger partial charge in [-0.1, -0.05) is 0 Å². The molecule has 0 aliphatic carbocycles. The van der Waals surface area contributed by atoms with Gasteiger partial charge in [-0.25, -0.2) is 23.9 Å². The molecule has 2 unspecified atom stereocenters. The lowest BCUT2D eigenvalue weighted by Gasteiger charge is -2.37. The van der Waals surface area contributed by atoms with Crippen molar-refractivity contribution in [3.05, 3.63) is 54.4 Å². The Labute approximate surface area is 236 Å². The quantitative estimate of drug-likeness (QED) is 0.396. The van der Waals surface area contributed by atoms with E-state index in [1.54, 1.807) is 30.2 Å². The number of nitrogens with zero attached hydrogens (tertiary/aromatic N) is 6. The van der Waals surface area contributed by atoms with Gasteiger partial charge in [0, 0.05) is 51.3 Å². The molecule has 0 bridgehead atoms. The number of nitrogens with one attached hydrogen (secondary N) is 2. The molecule has 2 atom stereocenters. The number of amides is 3. The number of piperazine rings is 1. The topological polar surface area (TPSA) is 134 Å². The molecule has 0 radical (unpaired) electrons. The molecule has 2 N–H and O–H groups in total. The number of fused-ring (bicyclic) bond motifs is 1. The molecule has 2 fully saturated rings. The highest BCUT2D eigenvalue weighted by Gasteiger charge is 2.33. The molecule has 1 aromatic carbocycles. The molecule has 13 nitrogen and oxygen atoms in total. The number of cyclic esters (lactones) is 1. The number of halogens is 1. The van der Waals surface area contributed by atoms with Gasteiger partial charge in [0.1, 0.15) is 11.9 Å². The molecule has 4 heterocycles. The molecule has 0 saturated carbocycles. The van der Waals surface area contributed by atoms with Gasteiger partial charge >= 0.3 is 12.2 Å². The molecule has 14 heteroatoms. The van der Waals surface area contributed by atoms with E-state index in [0.29, 0.717) is 49.9 Å². The van der Waals surface area contributed by atoms with E-state index < -0.39 is 30.1 Å². The summed E-state index contributed by atoms with van der Waals surface area (Å²) in [5.74, 6) is 0.106. The molecule has 5 rings (SSSR count). The molecule has 41 heavy (non-hydrogen) atoms. The van der Waals surface area contributed by atoms with Gasteiger partial charge in [0.25, 0.3) is 0 Å². The van der Waals surface area contributed by atoms with Crippen molar-refractivity contribution in [1.82, 2.24) is 29.9 Å². The highest BCUT2D eigenvalue weighted by atomic mass is 19.1. The van der Waals surface area contributed by atoms with Crippen molar-refractivity contribution in [2.45, 2.75) is 32.5 Å². The summed E-state index contributed by atoms with van der Waals surface area (Å²) in [6.45, 7) is 6.30. The zero-order valence-electron chi connectivity index (χ0n) is 23.0. The number of alkyl carbamates (subject to hydrolysis) is 1.